The molecule has 1 heterocycles. The van der Waals surface area contributed by atoms with Gasteiger partial charge in [-0.1, -0.05) is 0 Å². The molecule has 0 amide bonds. The predicted molar refractivity (Wildman–Crippen MR) is 64.4 cm³/mol. The van der Waals surface area contributed by atoms with Crippen molar-refractivity contribution < 1.29 is 17.9 Å². The predicted octanol–water partition coefficient (Wildman–Crippen LogP) is 3.09. The van der Waals surface area contributed by atoms with Crippen LogP contribution < -0.4 is 9.64 Å². The molecule has 18 heavy (non-hydrogen) atoms. The lowest BCUT2D eigenvalue weighted by Gasteiger charge is -2.25. The Morgan fingerprint density at radius 2 is 2.17 bits per heavy atom. The smallest absolute Gasteiger partial charge is 0.405 e. The van der Waals surface area contributed by atoms with Gasteiger partial charge in [0.1, 0.15) is 6.54 Å². The molecule has 0 aliphatic carbocycles. The lowest BCUT2D eigenvalue weighted by atomic mass is 10.3. The number of alkyl halides is 4. The van der Waals surface area contributed by atoms with Gasteiger partial charge in [-0.15, -0.1) is 11.6 Å². The SMILES string of the molecule is CCOc1cccnc1N(CCCl)CC(F)(F)F. The monoisotopic (exact) mass is 282 g/mol. The molecule has 1 aromatic rings. The zero-order valence-corrected chi connectivity index (χ0v) is 10.6. The molecule has 0 unspecified atom stereocenters. The summed E-state index contributed by atoms with van der Waals surface area (Å²) in [6, 6.07) is 3.20. The summed E-state index contributed by atoms with van der Waals surface area (Å²) in [4.78, 5) is 5.01. The summed E-state index contributed by atoms with van der Waals surface area (Å²) in [6.45, 7) is 1.07. The highest BCUT2D eigenvalue weighted by Gasteiger charge is 2.32. The Kier molecular flexibility index (Phi) is 5.53. The molecule has 0 fully saturated rings. The molecule has 0 atom stereocenters. The Bertz CT molecular complexity index is 374. The molecule has 3 nitrogen and oxygen atoms in total. The first-order chi connectivity index (χ1) is 8.48. The van der Waals surface area contributed by atoms with Crippen molar-refractivity contribution in [2.24, 2.45) is 0 Å². The minimum atomic E-state index is -4.31. The van der Waals surface area contributed by atoms with E-state index in [0.717, 1.165) is 4.90 Å². The number of halogens is 4. The molecule has 0 aromatic carbocycles. The van der Waals surface area contributed by atoms with Crippen LogP contribution in [0.15, 0.2) is 18.3 Å². The first-order valence-electron chi connectivity index (χ1n) is 5.43. The molecule has 0 aliphatic rings. The maximum Gasteiger partial charge on any atom is 0.405 e. The summed E-state index contributed by atoms with van der Waals surface area (Å²) in [5.41, 5.74) is 0. The van der Waals surface area contributed by atoms with Crippen LogP contribution in [0.1, 0.15) is 6.92 Å². The van der Waals surface area contributed by atoms with Gasteiger partial charge in [-0.05, 0) is 19.1 Å². The molecule has 0 spiro atoms. The largest absolute Gasteiger partial charge is 0.490 e. The van der Waals surface area contributed by atoms with Gasteiger partial charge in [0.15, 0.2) is 11.6 Å². The molecule has 0 saturated carbocycles. The Hall–Kier alpha value is -1.17. The molecule has 7 heteroatoms. The third-order valence-corrected chi connectivity index (χ3v) is 2.24. The van der Waals surface area contributed by atoms with E-state index in [4.69, 9.17) is 16.3 Å². The van der Waals surface area contributed by atoms with Crippen molar-refractivity contribution in [1.82, 2.24) is 4.98 Å². The van der Waals surface area contributed by atoms with Gasteiger partial charge >= 0.3 is 6.18 Å². The first-order valence-corrected chi connectivity index (χ1v) is 5.97. The van der Waals surface area contributed by atoms with Crippen LogP contribution in [0.5, 0.6) is 5.75 Å². The van der Waals surface area contributed by atoms with Crippen molar-refractivity contribution in [3.63, 3.8) is 0 Å². The average Bonchev–Trinajstić information content (AvgIpc) is 2.28. The lowest BCUT2D eigenvalue weighted by molar-refractivity contribution is -0.119. The van der Waals surface area contributed by atoms with Crippen molar-refractivity contribution in [2.45, 2.75) is 13.1 Å². The summed E-state index contributed by atoms with van der Waals surface area (Å²) < 4.78 is 42.7. The fraction of sp³-hybridized carbons (Fsp3) is 0.545. The highest BCUT2D eigenvalue weighted by molar-refractivity contribution is 6.18. The molecule has 0 aliphatic heterocycles. The van der Waals surface area contributed by atoms with Crippen molar-refractivity contribution >= 4 is 17.4 Å². The van der Waals surface area contributed by atoms with E-state index in [1.165, 1.54) is 6.20 Å². The number of aromatic nitrogens is 1. The zero-order chi connectivity index (χ0) is 13.6. The van der Waals surface area contributed by atoms with E-state index < -0.39 is 12.7 Å². The number of hydrogen-bond donors (Lipinski definition) is 0. The van der Waals surface area contributed by atoms with Crippen LogP contribution in [0, 0.1) is 0 Å². The maximum absolute atomic E-state index is 12.5. The third-order valence-electron chi connectivity index (χ3n) is 2.07. The van der Waals surface area contributed by atoms with E-state index in [-0.39, 0.29) is 18.2 Å². The number of anilines is 1. The van der Waals surface area contributed by atoms with Crippen LogP contribution in [0.4, 0.5) is 19.0 Å². The molecular weight excluding hydrogens is 269 g/mol. The molecule has 102 valence electrons. The number of ether oxygens (including phenoxy) is 1. The van der Waals surface area contributed by atoms with Gasteiger partial charge in [0, 0.05) is 18.6 Å². The van der Waals surface area contributed by atoms with E-state index >= 15 is 0 Å². The first kappa shape index (κ1) is 14.9. The second-order valence-electron chi connectivity index (χ2n) is 3.48. The quantitative estimate of drug-likeness (QED) is 0.750. The Labute approximate surface area is 109 Å². The Morgan fingerprint density at radius 1 is 1.44 bits per heavy atom. The molecular formula is C11H14ClF3N2O. The topological polar surface area (TPSA) is 25.4 Å². The molecule has 0 saturated heterocycles. The van der Waals surface area contributed by atoms with Crippen LogP contribution in [0.25, 0.3) is 0 Å². The summed E-state index contributed by atoms with van der Waals surface area (Å²) in [5, 5.41) is 0. The second kappa shape index (κ2) is 6.68. The number of pyridine rings is 1. The standard InChI is InChI=1S/C11H14ClF3N2O/c1-2-18-9-4-3-6-16-10(9)17(7-5-12)8-11(13,14)15/h3-4,6H,2,5,7-8H2,1H3. The van der Waals surface area contributed by atoms with E-state index in [2.05, 4.69) is 4.98 Å². The molecule has 0 N–H and O–H groups in total. The van der Waals surface area contributed by atoms with Gasteiger partial charge in [0.05, 0.1) is 6.61 Å². The van der Waals surface area contributed by atoms with Gasteiger partial charge in [-0.25, -0.2) is 4.98 Å². The van der Waals surface area contributed by atoms with E-state index in [0.29, 0.717) is 12.4 Å². The van der Waals surface area contributed by atoms with Gasteiger partial charge < -0.3 is 9.64 Å². The third kappa shape index (κ3) is 4.60. The summed E-state index contributed by atoms with van der Waals surface area (Å²) in [7, 11) is 0. The number of rotatable bonds is 6. The van der Waals surface area contributed by atoms with Crippen LogP contribution in [0.2, 0.25) is 0 Å². The molecule has 1 aromatic heterocycles. The van der Waals surface area contributed by atoms with Crippen molar-refractivity contribution in [2.75, 3.05) is 30.5 Å². The van der Waals surface area contributed by atoms with E-state index in [1.54, 1.807) is 19.1 Å². The Balaban J connectivity index is 2.97. The second-order valence-corrected chi connectivity index (χ2v) is 3.86. The summed E-state index contributed by atoms with van der Waals surface area (Å²) >= 11 is 5.53. The fourth-order valence-electron chi connectivity index (χ4n) is 1.47. The van der Waals surface area contributed by atoms with Crippen LogP contribution in [-0.4, -0.2) is 36.7 Å². The maximum atomic E-state index is 12.5. The number of nitrogens with zero attached hydrogens (tertiary/aromatic N) is 2. The number of hydrogen-bond acceptors (Lipinski definition) is 3. The minimum Gasteiger partial charge on any atom is -0.490 e. The lowest BCUT2D eigenvalue weighted by Crippen LogP contribution is -2.36. The van der Waals surface area contributed by atoms with Crippen LogP contribution in [0.3, 0.4) is 0 Å². The van der Waals surface area contributed by atoms with Crippen LogP contribution in [-0.2, 0) is 0 Å². The summed E-state index contributed by atoms with van der Waals surface area (Å²) in [6.07, 6.45) is -2.89. The summed E-state index contributed by atoms with van der Waals surface area (Å²) in [5.74, 6) is 0.574. The van der Waals surface area contributed by atoms with E-state index in [1.807, 2.05) is 0 Å². The molecule has 0 bridgehead atoms. The highest BCUT2D eigenvalue weighted by Crippen LogP contribution is 2.28. The molecule has 1 rings (SSSR count). The minimum absolute atomic E-state index is 0.0537. The van der Waals surface area contributed by atoms with Crippen molar-refractivity contribution in [3.05, 3.63) is 18.3 Å². The van der Waals surface area contributed by atoms with Crippen molar-refractivity contribution in [1.29, 1.82) is 0 Å². The Morgan fingerprint density at radius 3 is 2.72 bits per heavy atom. The molecule has 0 radical (unpaired) electrons. The van der Waals surface area contributed by atoms with Gasteiger partial charge in [0.2, 0.25) is 0 Å². The zero-order valence-electron chi connectivity index (χ0n) is 9.88. The van der Waals surface area contributed by atoms with Crippen molar-refractivity contribution in [3.8, 4) is 5.75 Å². The average molecular weight is 283 g/mol. The highest BCUT2D eigenvalue weighted by atomic mass is 35.5. The van der Waals surface area contributed by atoms with Crippen LogP contribution >= 0.6 is 11.6 Å². The van der Waals surface area contributed by atoms with Gasteiger partial charge in [-0.3, -0.25) is 0 Å². The normalized spacial score (nSPS) is 11.4. The fourth-order valence-corrected chi connectivity index (χ4v) is 1.67. The van der Waals surface area contributed by atoms with E-state index in [9.17, 15) is 13.2 Å². The van der Waals surface area contributed by atoms with Gasteiger partial charge in [-0.2, -0.15) is 13.2 Å². The van der Waals surface area contributed by atoms with Gasteiger partial charge in [0.25, 0.3) is 0 Å².